The molecule has 5 heavy (non-hydrogen) atoms. The van der Waals surface area contributed by atoms with Gasteiger partial charge < -0.3 is 0 Å². The van der Waals surface area contributed by atoms with E-state index in [2.05, 4.69) is 4.90 Å². The first-order chi connectivity index (χ1) is 2.41. The first kappa shape index (κ1) is 4.99. The van der Waals surface area contributed by atoms with E-state index in [-0.39, 0.29) is 0 Å². The first-order valence-electron chi connectivity index (χ1n) is 1.37. The van der Waals surface area contributed by atoms with Crippen molar-refractivity contribution in [3.8, 4) is 0 Å². The molecule has 0 aliphatic carbocycles. The summed E-state index contributed by atoms with van der Waals surface area (Å²) in [7, 11) is 6.53. The molecule has 0 aromatic carbocycles. The molecule has 1 radical (unpaired) electrons. The molecular formula is CH3B3N. The van der Waals surface area contributed by atoms with Crippen molar-refractivity contribution in [2.75, 3.05) is 7.05 Å². The quantitative estimate of drug-likeness (QED) is 0.352. The Morgan fingerprint density at radius 2 is 2.40 bits per heavy atom. The number of rotatable bonds is 1. The van der Waals surface area contributed by atoms with Gasteiger partial charge in [-0.25, -0.2) is 0 Å². The molecule has 0 aromatic rings. The Bertz CT molecular complexity index is 48.9. The van der Waals surface area contributed by atoms with E-state index in [0.717, 1.165) is 0 Å². The van der Waals surface area contributed by atoms with Crippen LogP contribution in [0.15, 0.2) is 4.90 Å². The van der Waals surface area contributed by atoms with Crippen molar-refractivity contribution in [2.45, 2.75) is 0 Å². The van der Waals surface area contributed by atoms with Gasteiger partial charge in [-0.15, -0.1) is 0 Å². The minimum atomic E-state index is 1.39. The molecule has 0 atom stereocenters. The van der Waals surface area contributed by atoms with Crippen molar-refractivity contribution in [2.24, 2.45) is 4.90 Å². The summed E-state index contributed by atoms with van der Waals surface area (Å²) in [4.78, 5) is 3.55. The molecule has 0 rings (SSSR count). The summed E-state index contributed by atoms with van der Waals surface area (Å²) in [6.07, 6.45) is 0. The normalized spacial score (nSPS) is 6.40. The molecule has 21 valence electrons. The fourth-order valence-electron chi connectivity index (χ4n) is 0.0861. The van der Waals surface area contributed by atoms with E-state index in [1.165, 1.54) is 13.7 Å². The third-order valence-corrected chi connectivity index (χ3v) is 0.235. The number of hydrogen-bond donors (Lipinski definition) is 0. The Balaban J connectivity index is 2.92. The van der Waals surface area contributed by atoms with Crippen molar-refractivity contribution in [1.82, 2.24) is 0 Å². The Morgan fingerprint density at radius 3 is 2.40 bits per heavy atom. The van der Waals surface area contributed by atoms with Crippen LogP contribution in [0.25, 0.3) is 0 Å². The van der Waals surface area contributed by atoms with Crippen molar-refractivity contribution in [3.05, 3.63) is 0 Å². The van der Waals surface area contributed by atoms with Gasteiger partial charge in [0.1, 0.15) is 0 Å². The van der Waals surface area contributed by atoms with E-state index in [4.69, 9.17) is 7.37 Å². The minimum absolute atomic E-state index is 1.39. The zero-order chi connectivity index (χ0) is 4.12. The Morgan fingerprint density at radius 1 is 1.80 bits per heavy atom. The van der Waals surface area contributed by atoms with Crippen LogP contribution >= 0.6 is 0 Å². The summed E-state index contributed by atoms with van der Waals surface area (Å²) in [6.45, 7) is 2.92. The standard InChI is InChI=1S/CH3B3N/c1-5-4-3-2/h1H3. The van der Waals surface area contributed by atoms with Crippen LogP contribution in [0.4, 0.5) is 0 Å². The number of hydrogen-bond acceptors (Lipinski definition) is 1. The molecule has 0 unspecified atom stereocenters. The van der Waals surface area contributed by atoms with Crippen LogP contribution in [0.5, 0.6) is 0 Å². The fourth-order valence-corrected chi connectivity index (χ4v) is 0.0861. The van der Waals surface area contributed by atoms with Crippen molar-refractivity contribution in [1.29, 1.82) is 0 Å². The van der Waals surface area contributed by atoms with Crippen LogP contribution in [0.1, 0.15) is 0 Å². The molecule has 0 fully saturated rings. The van der Waals surface area contributed by atoms with Crippen LogP contribution in [-0.4, -0.2) is 28.1 Å². The van der Waals surface area contributed by atoms with Crippen molar-refractivity contribution >= 4 is 21.0 Å². The Hall–Kier alpha value is -0.00519. The van der Waals surface area contributed by atoms with E-state index >= 15 is 0 Å². The van der Waals surface area contributed by atoms with Crippen molar-refractivity contribution in [3.63, 3.8) is 0 Å². The topological polar surface area (TPSA) is 12.4 Å². The van der Waals surface area contributed by atoms with Crippen LogP contribution < -0.4 is 0 Å². The molecule has 0 aliphatic rings. The maximum absolute atomic E-state index is 4.86. The molecule has 0 saturated carbocycles. The van der Waals surface area contributed by atoms with Gasteiger partial charge in [0, 0.05) is 0 Å². The Kier molecular flexibility index (Phi) is 3.99. The van der Waals surface area contributed by atoms with Crippen LogP contribution in [-0.2, 0) is 0 Å². The van der Waals surface area contributed by atoms with E-state index < -0.39 is 0 Å². The second-order valence-electron chi connectivity index (χ2n) is 0.600. The molecule has 0 amide bonds. The molecule has 0 heterocycles. The predicted octanol–water partition coefficient (Wildman–Crippen LogP) is -0.793. The summed E-state index contributed by atoms with van der Waals surface area (Å²) in [5, 5.41) is 0. The molecule has 0 aromatic heterocycles. The Labute approximate surface area is 34.0 Å². The summed E-state index contributed by atoms with van der Waals surface area (Å²) >= 11 is 0. The van der Waals surface area contributed by atoms with Gasteiger partial charge in [0.05, 0.1) is 0 Å². The average Bonchev–Trinajstić information content (AvgIpc) is 1.41. The van der Waals surface area contributed by atoms with Gasteiger partial charge in [0.25, 0.3) is 0 Å². The third-order valence-electron chi connectivity index (χ3n) is 0.235. The molecule has 0 aliphatic heterocycles. The first-order valence-corrected chi connectivity index (χ1v) is 1.37. The van der Waals surface area contributed by atoms with E-state index in [1.54, 1.807) is 7.05 Å². The monoisotopic (exact) mass is 62.1 g/mol. The molecule has 4 heteroatoms. The molecule has 0 bridgehead atoms. The fraction of sp³-hybridized carbons (Fsp3) is 1.00. The van der Waals surface area contributed by atoms with Gasteiger partial charge in [-0.2, -0.15) is 0 Å². The van der Waals surface area contributed by atoms with Gasteiger partial charge in [-0.3, -0.25) is 0 Å². The average molecular weight is 61.5 g/mol. The van der Waals surface area contributed by atoms with E-state index in [0.29, 0.717) is 0 Å². The van der Waals surface area contributed by atoms with Crippen LogP contribution in [0, 0.1) is 0 Å². The van der Waals surface area contributed by atoms with Crippen LogP contribution in [0.2, 0.25) is 0 Å². The number of nitrogens with zero attached hydrogens (tertiary/aromatic N) is 1. The SMILES string of the molecule is [B]=BB=NC. The molecular weight excluding hydrogens is 58.5 g/mol. The maximum atomic E-state index is 4.86. The molecule has 1 nitrogen and oxygen atoms in total. The molecule has 0 saturated heterocycles. The second-order valence-corrected chi connectivity index (χ2v) is 0.600. The van der Waals surface area contributed by atoms with E-state index in [9.17, 15) is 0 Å². The summed E-state index contributed by atoms with van der Waals surface area (Å²) in [6, 6.07) is 0. The molecule has 0 N–H and O–H groups in total. The van der Waals surface area contributed by atoms with Gasteiger partial charge in [0.15, 0.2) is 0 Å². The summed E-state index contributed by atoms with van der Waals surface area (Å²) in [5.74, 6) is 0. The zero-order valence-corrected chi connectivity index (χ0v) is 3.18. The summed E-state index contributed by atoms with van der Waals surface area (Å²) < 4.78 is 0. The predicted molar refractivity (Wildman–Crippen MR) is 25.6 cm³/mol. The zero-order valence-electron chi connectivity index (χ0n) is 3.18. The van der Waals surface area contributed by atoms with E-state index in [1.807, 2.05) is 0 Å². The van der Waals surface area contributed by atoms with Gasteiger partial charge in [0.2, 0.25) is 0 Å². The van der Waals surface area contributed by atoms with Gasteiger partial charge in [-0.05, 0) is 0 Å². The second kappa shape index (κ2) is 3.99. The van der Waals surface area contributed by atoms with Gasteiger partial charge in [-0.1, -0.05) is 0 Å². The van der Waals surface area contributed by atoms with Gasteiger partial charge >= 0.3 is 33.0 Å². The third kappa shape index (κ3) is 3.99. The van der Waals surface area contributed by atoms with Crippen LogP contribution in [0.3, 0.4) is 0 Å². The van der Waals surface area contributed by atoms with Crippen molar-refractivity contribution < 1.29 is 0 Å². The summed E-state index contributed by atoms with van der Waals surface area (Å²) in [5.41, 5.74) is 0. The molecule has 0 spiro atoms.